The minimum atomic E-state index is 0.593. The van der Waals surface area contributed by atoms with E-state index < -0.39 is 0 Å². The Labute approximate surface area is 91.7 Å². The smallest absolute Gasteiger partial charge is 0.0812 e. The molecule has 70 valence electrons. The fourth-order valence-electron chi connectivity index (χ4n) is 1.14. The van der Waals surface area contributed by atoms with E-state index in [0.717, 1.165) is 17.5 Å². The maximum Gasteiger partial charge on any atom is 0.0812 e. The van der Waals surface area contributed by atoms with Gasteiger partial charge in [0.1, 0.15) is 0 Å². The van der Waals surface area contributed by atoms with Crippen LogP contribution in [0.4, 0.5) is 0 Å². The van der Waals surface area contributed by atoms with Crippen LogP contribution < -0.4 is 0 Å². The van der Waals surface area contributed by atoms with Crippen molar-refractivity contribution in [3.63, 3.8) is 0 Å². The van der Waals surface area contributed by atoms with Gasteiger partial charge in [-0.25, -0.2) is 4.98 Å². The largest absolute Gasteiger partial charge is 0.245 e. The van der Waals surface area contributed by atoms with E-state index >= 15 is 0 Å². The zero-order valence-corrected chi connectivity index (χ0v) is 9.03. The van der Waals surface area contributed by atoms with E-state index in [-0.39, 0.29) is 0 Å². The van der Waals surface area contributed by atoms with Crippen molar-refractivity contribution in [1.29, 1.82) is 0 Å². The predicted molar refractivity (Wildman–Crippen MR) is 61.8 cm³/mol. The molecule has 3 heteroatoms. The minimum absolute atomic E-state index is 0.593. The summed E-state index contributed by atoms with van der Waals surface area (Å²) >= 11 is 7.17. The van der Waals surface area contributed by atoms with Gasteiger partial charge in [0.05, 0.1) is 15.7 Å². The lowest BCUT2D eigenvalue weighted by Gasteiger charge is -1.89. The van der Waals surface area contributed by atoms with E-state index in [0.29, 0.717) is 5.88 Å². The maximum absolute atomic E-state index is 5.53. The number of aromatic nitrogens is 1. The number of rotatable bonds is 1. The Balaban J connectivity index is 2.31. The number of nitrogens with zero attached hydrogens (tertiary/aromatic N) is 1. The van der Waals surface area contributed by atoms with Crippen LogP contribution in [0.2, 0.25) is 0 Å². The maximum atomic E-state index is 5.53. The summed E-state index contributed by atoms with van der Waals surface area (Å²) in [5, 5.41) is 0. The highest BCUT2D eigenvalue weighted by molar-refractivity contribution is 7.16. The molecule has 0 aliphatic heterocycles. The molecule has 0 amide bonds. The molecule has 1 aromatic heterocycles. The first kappa shape index (κ1) is 9.51. The molecule has 2 rings (SSSR count). The predicted octanol–water partition coefficient (Wildman–Crippen LogP) is 3.28. The molecule has 0 aliphatic rings. The average molecular weight is 222 g/mol. The summed E-state index contributed by atoms with van der Waals surface area (Å²) < 4.78 is 1.18. The molecule has 0 atom stereocenters. The molecule has 14 heavy (non-hydrogen) atoms. The molecule has 0 unspecified atom stereocenters. The van der Waals surface area contributed by atoms with Crippen LogP contribution in [0.15, 0.2) is 23.7 Å². The van der Waals surface area contributed by atoms with Gasteiger partial charge in [-0.1, -0.05) is 11.8 Å². The van der Waals surface area contributed by atoms with Crippen molar-refractivity contribution in [2.45, 2.75) is 6.42 Å². The van der Waals surface area contributed by atoms with Crippen LogP contribution in [-0.4, -0.2) is 10.9 Å². The van der Waals surface area contributed by atoms with Crippen molar-refractivity contribution >= 4 is 33.2 Å². The number of fused-ring (bicyclic) bond motifs is 1. The van der Waals surface area contributed by atoms with Crippen LogP contribution in [0.1, 0.15) is 12.0 Å². The fourth-order valence-corrected chi connectivity index (χ4v) is 1.96. The number of thiazole rings is 1. The molecular weight excluding hydrogens is 214 g/mol. The fraction of sp³-hybridized carbons (Fsp3) is 0.182. The molecule has 0 N–H and O–H groups in total. The molecule has 0 saturated heterocycles. The molecule has 1 aromatic carbocycles. The summed E-state index contributed by atoms with van der Waals surface area (Å²) in [4.78, 5) is 4.21. The van der Waals surface area contributed by atoms with E-state index in [9.17, 15) is 0 Å². The van der Waals surface area contributed by atoms with Crippen LogP contribution in [0.25, 0.3) is 10.2 Å². The van der Waals surface area contributed by atoms with Crippen molar-refractivity contribution in [3.8, 4) is 11.8 Å². The molecular formula is C11H8ClNS. The van der Waals surface area contributed by atoms with Crippen LogP contribution in [-0.2, 0) is 0 Å². The first-order chi connectivity index (χ1) is 6.90. The molecule has 0 bridgehead atoms. The summed E-state index contributed by atoms with van der Waals surface area (Å²) in [5.74, 6) is 6.68. The topological polar surface area (TPSA) is 12.9 Å². The third kappa shape index (κ3) is 2.06. The first-order valence-electron chi connectivity index (χ1n) is 4.28. The summed E-state index contributed by atoms with van der Waals surface area (Å²) in [5.41, 5.74) is 3.92. The molecule has 0 saturated carbocycles. The number of hydrogen-bond acceptors (Lipinski definition) is 2. The third-order valence-electron chi connectivity index (χ3n) is 1.78. The molecule has 0 aliphatic carbocycles. The second kappa shape index (κ2) is 4.45. The lowest BCUT2D eigenvalue weighted by molar-refractivity contribution is 1.29. The number of benzene rings is 1. The van der Waals surface area contributed by atoms with Gasteiger partial charge in [-0.3, -0.25) is 0 Å². The Kier molecular flexibility index (Phi) is 3.03. The first-order valence-corrected chi connectivity index (χ1v) is 5.69. The minimum Gasteiger partial charge on any atom is -0.245 e. The second-order valence-electron chi connectivity index (χ2n) is 2.78. The Morgan fingerprint density at radius 3 is 3.21 bits per heavy atom. The summed E-state index contributed by atoms with van der Waals surface area (Å²) in [6.07, 6.45) is 0.738. The van der Waals surface area contributed by atoms with Crippen molar-refractivity contribution in [2.24, 2.45) is 0 Å². The monoisotopic (exact) mass is 221 g/mol. The lowest BCUT2D eigenvalue weighted by Crippen LogP contribution is -1.74. The molecule has 1 heterocycles. The van der Waals surface area contributed by atoms with E-state index in [1.54, 1.807) is 11.3 Å². The van der Waals surface area contributed by atoms with Gasteiger partial charge in [-0.2, -0.15) is 0 Å². The molecule has 0 radical (unpaired) electrons. The van der Waals surface area contributed by atoms with E-state index in [2.05, 4.69) is 22.9 Å². The molecule has 1 nitrogen and oxygen atoms in total. The Hall–Kier alpha value is -1.04. The van der Waals surface area contributed by atoms with Crippen molar-refractivity contribution in [2.75, 3.05) is 5.88 Å². The summed E-state index contributed by atoms with van der Waals surface area (Å²) in [7, 11) is 0. The zero-order valence-electron chi connectivity index (χ0n) is 7.46. The molecule has 2 aromatic rings. The summed E-state index contributed by atoms with van der Waals surface area (Å²) in [6, 6.07) is 6.05. The Bertz CT molecular complexity index is 492. The van der Waals surface area contributed by atoms with Gasteiger partial charge < -0.3 is 0 Å². The van der Waals surface area contributed by atoms with Gasteiger partial charge in [-0.05, 0) is 18.2 Å². The Morgan fingerprint density at radius 1 is 1.43 bits per heavy atom. The van der Waals surface area contributed by atoms with E-state index in [1.807, 2.05) is 17.6 Å². The number of hydrogen-bond donors (Lipinski definition) is 0. The highest BCUT2D eigenvalue weighted by atomic mass is 35.5. The quantitative estimate of drug-likeness (QED) is 0.532. The van der Waals surface area contributed by atoms with Gasteiger partial charge in [0.2, 0.25) is 0 Å². The number of alkyl halides is 1. The Morgan fingerprint density at radius 2 is 2.36 bits per heavy atom. The van der Waals surface area contributed by atoms with Crippen LogP contribution >= 0.6 is 22.9 Å². The third-order valence-corrected chi connectivity index (χ3v) is 2.76. The van der Waals surface area contributed by atoms with Gasteiger partial charge in [0.15, 0.2) is 0 Å². The van der Waals surface area contributed by atoms with E-state index in [4.69, 9.17) is 11.6 Å². The molecule has 0 spiro atoms. The SMILES string of the molecule is ClCCC#Cc1ccc2ncsc2c1. The van der Waals surface area contributed by atoms with Gasteiger partial charge in [0, 0.05) is 17.9 Å². The standard InChI is InChI=1S/C11H8ClNS/c12-6-2-1-3-9-4-5-10-11(7-9)14-8-13-10/h4-5,7-8H,2,6H2. The highest BCUT2D eigenvalue weighted by Gasteiger charge is 1.95. The van der Waals surface area contributed by atoms with Crippen molar-refractivity contribution in [1.82, 2.24) is 4.98 Å². The highest BCUT2D eigenvalue weighted by Crippen LogP contribution is 2.18. The average Bonchev–Trinajstić information content (AvgIpc) is 2.65. The van der Waals surface area contributed by atoms with Crippen LogP contribution in [0, 0.1) is 11.8 Å². The van der Waals surface area contributed by atoms with Crippen molar-refractivity contribution in [3.05, 3.63) is 29.3 Å². The van der Waals surface area contributed by atoms with E-state index in [1.165, 1.54) is 4.70 Å². The summed E-state index contributed by atoms with van der Waals surface area (Å²) in [6.45, 7) is 0. The van der Waals surface area contributed by atoms with Gasteiger partial charge in [0.25, 0.3) is 0 Å². The molecule has 0 fully saturated rings. The van der Waals surface area contributed by atoms with Gasteiger partial charge >= 0.3 is 0 Å². The van der Waals surface area contributed by atoms with Crippen LogP contribution in [0.3, 0.4) is 0 Å². The van der Waals surface area contributed by atoms with Crippen molar-refractivity contribution < 1.29 is 0 Å². The number of halogens is 1. The van der Waals surface area contributed by atoms with Crippen LogP contribution in [0.5, 0.6) is 0 Å². The second-order valence-corrected chi connectivity index (χ2v) is 4.04. The normalized spacial score (nSPS) is 9.79. The lowest BCUT2D eigenvalue weighted by atomic mass is 10.2. The van der Waals surface area contributed by atoms with Gasteiger partial charge in [-0.15, -0.1) is 22.9 Å². The zero-order chi connectivity index (χ0) is 9.80.